The summed E-state index contributed by atoms with van der Waals surface area (Å²) in [6.07, 6.45) is 1.57. The lowest BCUT2D eigenvalue weighted by Gasteiger charge is -2.11. The minimum absolute atomic E-state index is 0.127. The topological polar surface area (TPSA) is 116 Å². The molecule has 0 aliphatic carbocycles. The molecule has 0 aromatic heterocycles. The van der Waals surface area contributed by atoms with Crippen molar-refractivity contribution in [3.63, 3.8) is 0 Å². The number of carbonyl (C=O) groups is 2. The zero-order valence-corrected chi connectivity index (χ0v) is 17.9. The summed E-state index contributed by atoms with van der Waals surface area (Å²) in [5.41, 5.74) is 1.63. The molecule has 0 unspecified atom stereocenters. The van der Waals surface area contributed by atoms with Crippen molar-refractivity contribution in [2.24, 2.45) is 0 Å². The molecule has 0 heterocycles. The zero-order valence-electron chi connectivity index (χ0n) is 17.0. The molecule has 32 heavy (non-hydrogen) atoms. The predicted molar refractivity (Wildman–Crippen MR) is 125 cm³/mol. The van der Waals surface area contributed by atoms with Crippen LogP contribution in [0.15, 0.2) is 96.4 Å². The van der Waals surface area contributed by atoms with Gasteiger partial charge in [0, 0.05) is 29.2 Å². The van der Waals surface area contributed by atoms with Gasteiger partial charge in [-0.2, -0.15) is 0 Å². The lowest BCUT2D eigenvalue weighted by atomic mass is 10.2. The average Bonchev–Trinajstić information content (AvgIpc) is 2.79. The van der Waals surface area contributed by atoms with Crippen molar-refractivity contribution >= 4 is 39.0 Å². The van der Waals surface area contributed by atoms with Crippen LogP contribution in [0.2, 0.25) is 0 Å². The number of hydrogen-bond donors (Lipinski definition) is 4. The second-order valence-corrected chi connectivity index (χ2v) is 8.34. The van der Waals surface area contributed by atoms with Gasteiger partial charge in [-0.1, -0.05) is 30.3 Å². The van der Waals surface area contributed by atoms with Crippen LogP contribution < -0.4 is 20.7 Å². The molecule has 0 saturated carbocycles. The van der Waals surface area contributed by atoms with E-state index in [2.05, 4.69) is 27.3 Å². The molecular weight excluding hydrogens is 428 g/mol. The first-order valence-electron chi connectivity index (χ1n) is 9.62. The molecule has 164 valence electrons. The molecule has 4 N–H and O–H groups in total. The van der Waals surface area contributed by atoms with Gasteiger partial charge in [-0.05, 0) is 54.6 Å². The lowest BCUT2D eigenvalue weighted by molar-refractivity contribution is 0.102. The highest BCUT2D eigenvalue weighted by molar-refractivity contribution is 7.92. The second kappa shape index (κ2) is 10.3. The number of carbonyl (C=O) groups excluding carboxylic acids is 2. The van der Waals surface area contributed by atoms with Crippen LogP contribution in [0.4, 0.5) is 21.9 Å². The number of hydrogen-bond acceptors (Lipinski definition) is 4. The summed E-state index contributed by atoms with van der Waals surface area (Å²) in [7, 11) is -3.76. The number of sulfonamides is 1. The minimum Gasteiger partial charge on any atom is -0.334 e. The average molecular weight is 451 g/mol. The van der Waals surface area contributed by atoms with Gasteiger partial charge in [-0.25, -0.2) is 13.2 Å². The Kier molecular flexibility index (Phi) is 7.25. The monoisotopic (exact) mass is 450 g/mol. The second-order valence-electron chi connectivity index (χ2n) is 6.65. The van der Waals surface area contributed by atoms with Gasteiger partial charge in [-0.3, -0.25) is 9.52 Å². The van der Waals surface area contributed by atoms with Crippen LogP contribution in [-0.2, 0) is 10.0 Å². The van der Waals surface area contributed by atoms with Crippen molar-refractivity contribution in [3.8, 4) is 0 Å². The molecule has 0 atom stereocenters. The number of urea groups is 1. The van der Waals surface area contributed by atoms with E-state index in [0.717, 1.165) is 0 Å². The minimum atomic E-state index is -3.76. The molecule has 0 fully saturated rings. The van der Waals surface area contributed by atoms with E-state index in [1.165, 1.54) is 18.2 Å². The van der Waals surface area contributed by atoms with Crippen LogP contribution in [0.3, 0.4) is 0 Å². The van der Waals surface area contributed by atoms with E-state index >= 15 is 0 Å². The summed E-state index contributed by atoms with van der Waals surface area (Å²) in [6, 6.07) is 20.4. The smallest absolute Gasteiger partial charge is 0.319 e. The standard InChI is InChI=1S/C23H22N4O4S/c1-2-15-24-23(29)26-19-13-11-18(12-14-19)25-22(28)17-7-6-8-20(16-17)27-32(30,31)21-9-4-3-5-10-21/h2-14,16,27H,1,15H2,(H,25,28)(H2,24,26,29). The first-order valence-corrected chi connectivity index (χ1v) is 11.1. The molecule has 0 bridgehead atoms. The van der Waals surface area contributed by atoms with E-state index in [9.17, 15) is 18.0 Å². The fourth-order valence-electron chi connectivity index (χ4n) is 2.72. The highest BCUT2D eigenvalue weighted by Gasteiger charge is 2.15. The predicted octanol–water partition coefficient (Wildman–Crippen LogP) is 4.05. The fraction of sp³-hybridized carbons (Fsp3) is 0.0435. The van der Waals surface area contributed by atoms with Crippen molar-refractivity contribution in [2.75, 3.05) is 21.9 Å². The first kappa shape index (κ1) is 22.6. The van der Waals surface area contributed by atoms with Gasteiger partial charge in [0.1, 0.15) is 0 Å². The van der Waals surface area contributed by atoms with E-state index < -0.39 is 15.9 Å². The quantitative estimate of drug-likeness (QED) is 0.388. The highest BCUT2D eigenvalue weighted by atomic mass is 32.2. The summed E-state index contributed by atoms with van der Waals surface area (Å²) < 4.78 is 27.5. The van der Waals surface area contributed by atoms with Gasteiger partial charge < -0.3 is 16.0 Å². The van der Waals surface area contributed by atoms with Crippen molar-refractivity contribution in [1.82, 2.24) is 5.32 Å². The Balaban J connectivity index is 1.65. The molecule has 9 heteroatoms. The van der Waals surface area contributed by atoms with Crippen molar-refractivity contribution in [2.45, 2.75) is 4.90 Å². The lowest BCUT2D eigenvalue weighted by Crippen LogP contribution is -2.28. The van der Waals surface area contributed by atoms with Gasteiger partial charge in [0.05, 0.1) is 4.90 Å². The Morgan fingerprint density at radius 3 is 2.12 bits per heavy atom. The summed E-state index contributed by atoms with van der Waals surface area (Å²) in [4.78, 5) is 24.4. The molecule has 0 saturated heterocycles. The Bertz CT molecular complexity index is 1210. The Morgan fingerprint density at radius 1 is 0.812 bits per heavy atom. The van der Waals surface area contributed by atoms with Crippen molar-refractivity contribution < 1.29 is 18.0 Å². The molecule has 3 rings (SSSR count). The third-order valence-corrected chi connectivity index (χ3v) is 5.64. The van der Waals surface area contributed by atoms with E-state index in [4.69, 9.17) is 0 Å². The third kappa shape index (κ3) is 6.19. The molecule has 0 radical (unpaired) electrons. The number of benzene rings is 3. The molecule has 3 aromatic carbocycles. The molecule has 0 aliphatic heterocycles. The summed E-state index contributed by atoms with van der Waals surface area (Å²) in [5, 5.41) is 7.99. The van der Waals surface area contributed by atoms with E-state index in [1.807, 2.05) is 0 Å². The van der Waals surface area contributed by atoms with Crippen LogP contribution in [-0.4, -0.2) is 26.9 Å². The Morgan fingerprint density at radius 2 is 1.47 bits per heavy atom. The molecule has 0 spiro atoms. The highest BCUT2D eigenvalue weighted by Crippen LogP contribution is 2.19. The molecule has 0 aliphatic rings. The number of anilines is 3. The van der Waals surface area contributed by atoms with Gasteiger partial charge >= 0.3 is 6.03 Å². The van der Waals surface area contributed by atoms with E-state index in [0.29, 0.717) is 17.9 Å². The maximum absolute atomic E-state index is 12.6. The summed E-state index contributed by atoms with van der Waals surface area (Å²) in [6.45, 7) is 3.87. The van der Waals surface area contributed by atoms with Crippen LogP contribution >= 0.6 is 0 Å². The van der Waals surface area contributed by atoms with E-state index in [-0.39, 0.29) is 22.2 Å². The number of amides is 3. The molecule has 3 aromatic rings. The van der Waals surface area contributed by atoms with Crippen LogP contribution in [0.5, 0.6) is 0 Å². The first-order chi connectivity index (χ1) is 15.4. The summed E-state index contributed by atoms with van der Waals surface area (Å²) in [5.74, 6) is -0.407. The van der Waals surface area contributed by atoms with Crippen LogP contribution in [0, 0.1) is 0 Å². The van der Waals surface area contributed by atoms with Gasteiger partial charge in [0.25, 0.3) is 15.9 Å². The van der Waals surface area contributed by atoms with E-state index in [1.54, 1.807) is 66.7 Å². The third-order valence-electron chi connectivity index (χ3n) is 4.24. The van der Waals surface area contributed by atoms with Crippen molar-refractivity contribution in [3.05, 3.63) is 97.1 Å². The Labute approximate surface area is 186 Å². The summed E-state index contributed by atoms with van der Waals surface area (Å²) >= 11 is 0. The molecular formula is C23H22N4O4S. The number of nitrogens with one attached hydrogen (secondary N) is 4. The fourth-order valence-corrected chi connectivity index (χ4v) is 3.79. The maximum Gasteiger partial charge on any atom is 0.319 e. The van der Waals surface area contributed by atoms with Gasteiger partial charge in [-0.15, -0.1) is 6.58 Å². The molecule has 8 nitrogen and oxygen atoms in total. The zero-order chi connectivity index (χ0) is 23.0. The normalized spacial score (nSPS) is 10.6. The molecule has 3 amide bonds. The van der Waals surface area contributed by atoms with Gasteiger partial charge in [0.15, 0.2) is 0 Å². The number of rotatable bonds is 8. The van der Waals surface area contributed by atoms with Crippen LogP contribution in [0.1, 0.15) is 10.4 Å². The SMILES string of the molecule is C=CCNC(=O)Nc1ccc(NC(=O)c2cccc(NS(=O)(=O)c3ccccc3)c2)cc1. The largest absolute Gasteiger partial charge is 0.334 e. The van der Waals surface area contributed by atoms with Crippen LogP contribution in [0.25, 0.3) is 0 Å². The maximum atomic E-state index is 12.6. The van der Waals surface area contributed by atoms with Crippen molar-refractivity contribution in [1.29, 1.82) is 0 Å². The Hall–Kier alpha value is -4.11. The van der Waals surface area contributed by atoms with Gasteiger partial charge in [0.2, 0.25) is 0 Å².